The molecule has 0 atom stereocenters. The normalized spacial score (nSPS) is 23.8. The lowest BCUT2D eigenvalue weighted by atomic mass is 9.94. The Morgan fingerprint density at radius 1 is 1.30 bits per heavy atom. The van der Waals surface area contributed by atoms with Gasteiger partial charge < -0.3 is 10.8 Å². The molecule has 1 aromatic rings. The standard InChI is InChI=1S/C13H19FN2O3S/c1-8-12(14)6-9(15)7-13(8)20(18,19)16-10-2-4-11(17)5-3-10/h6-7,10-11,16-17H,2-5,15H2,1H3. The largest absolute Gasteiger partial charge is 0.399 e. The molecule has 0 bridgehead atoms. The Morgan fingerprint density at radius 2 is 1.90 bits per heavy atom. The van der Waals surface area contributed by atoms with Crippen molar-refractivity contribution < 1.29 is 17.9 Å². The molecule has 0 saturated heterocycles. The van der Waals surface area contributed by atoms with Gasteiger partial charge >= 0.3 is 0 Å². The molecule has 1 fully saturated rings. The van der Waals surface area contributed by atoms with E-state index in [2.05, 4.69) is 4.72 Å². The monoisotopic (exact) mass is 302 g/mol. The molecule has 1 aliphatic rings. The van der Waals surface area contributed by atoms with E-state index in [0.29, 0.717) is 25.7 Å². The van der Waals surface area contributed by atoms with Gasteiger partial charge in [0.2, 0.25) is 10.0 Å². The van der Waals surface area contributed by atoms with Crippen LogP contribution in [-0.2, 0) is 10.0 Å². The predicted molar refractivity (Wildman–Crippen MR) is 74.1 cm³/mol. The van der Waals surface area contributed by atoms with Crippen LogP contribution in [0.5, 0.6) is 0 Å². The third-order valence-electron chi connectivity index (χ3n) is 3.63. The summed E-state index contributed by atoms with van der Waals surface area (Å²) in [5, 5.41) is 9.42. The zero-order chi connectivity index (χ0) is 14.9. The first-order chi connectivity index (χ1) is 9.29. The second kappa shape index (κ2) is 5.67. The number of hydrogen-bond acceptors (Lipinski definition) is 4. The Labute approximate surface area is 118 Å². The lowest BCUT2D eigenvalue weighted by molar-refractivity contribution is 0.120. The predicted octanol–water partition coefficient (Wildman–Crippen LogP) is 1.30. The summed E-state index contributed by atoms with van der Waals surface area (Å²) in [6.07, 6.45) is 1.92. The van der Waals surface area contributed by atoms with Gasteiger partial charge in [0.1, 0.15) is 5.82 Å². The highest BCUT2D eigenvalue weighted by atomic mass is 32.2. The fourth-order valence-electron chi connectivity index (χ4n) is 2.43. The lowest BCUT2D eigenvalue weighted by Crippen LogP contribution is -2.38. The second-order valence-corrected chi connectivity index (χ2v) is 6.94. The van der Waals surface area contributed by atoms with Crippen LogP contribution in [0.2, 0.25) is 0 Å². The van der Waals surface area contributed by atoms with E-state index in [0.717, 1.165) is 6.07 Å². The van der Waals surface area contributed by atoms with Gasteiger partial charge in [0.25, 0.3) is 0 Å². The van der Waals surface area contributed by atoms with E-state index in [1.54, 1.807) is 0 Å². The molecule has 1 aliphatic carbocycles. The minimum absolute atomic E-state index is 0.0579. The fourth-order valence-corrected chi connectivity index (χ4v) is 4.02. The first-order valence-electron chi connectivity index (χ1n) is 6.55. The summed E-state index contributed by atoms with van der Waals surface area (Å²) in [6, 6.07) is 2.14. The number of anilines is 1. The molecule has 4 N–H and O–H groups in total. The van der Waals surface area contributed by atoms with Crippen LogP contribution < -0.4 is 10.5 Å². The molecule has 0 radical (unpaired) electrons. The molecule has 112 valence electrons. The Hall–Kier alpha value is -1.18. The van der Waals surface area contributed by atoms with Gasteiger partial charge in [0.05, 0.1) is 11.0 Å². The van der Waals surface area contributed by atoms with Crippen LogP contribution in [0.1, 0.15) is 31.2 Å². The third kappa shape index (κ3) is 3.28. The van der Waals surface area contributed by atoms with Crippen LogP contribution >= 0.6 is 0 Å². The summed E-state index contributed by atoms with van der Waals surface area (Å²) in [7, 11) is -3.80. The van der Waals surface area contributed by atoms with Gasteiger partial charge in [0.15, 0.2) is 0 Å². The fraction of sp³-hybridized carbons (Fsp3) is 0.538. The Kier molecular flexibility index (Phi) is 4.31. The van der Waals surface area contributed by atoms with E-state index < -0.39 is 15.8 Å². The molecule has 7 heteroatoms. The molecule has 0 aromatic heterocycles. The molecular formula is C13H19FN2O3S. The smallest absolute Gasteiger partial charge is 0.241 e. The average Bonchev–Trinajstić information content (AvgIpc) is 2.36. The van der Waals surface area contributed by atoms with Crippen LogP contribution in [-0.4, -0.2) is 25.7 Å². The summed E-state index contributed by atoms with van der Waals surface area (Å²) in [5.74, 6) is -0.635. The van der Waals surface area contributed by atoms with Crippen molar-refractivity contribution in [2.75, 3.05) is 5.73 Å². The topological polar surface area (TPSA) is 92.4 Å². The SMILES string of the molecule is Cc1c(F)cc(N)cc1S(=O)(=O)NC1CCC(O)CC1. The highest BCUT2D eigenvalue weighted by Crippen LogP contribution is 2.24. The van der Waals surface area contributed by atoms with Crippen molar-refractivity contribution in [3.63, 3.8) is 0 Å². The number of sulfonamides is 1. The summed E-state index contributed by atoms with van der Waals surface area (Å²) in [6.45, 7) is 1.41. The van der Waals surface area contributed by atoms with Gasteiger partial charge in [-0.3, -0.25) is 0 Å². The van der Waals surface area contributed by atoms with Crippen LogP contribution in [0, 0.1) is 12.7 Å². The number of benzene rings is 1. The van der Waals surface area contributed by atoms with Gasteiger partial charge in [-0.25, -0.2) is 17.5 Å². The summed E-state index contributed by atoms with van der Waals surface area (Å²) >= 11 is 0. The number of nitrogens with one attached hydrogen (secondary N) is 1. The Balaban J connectivity index is 2.23. The minimum atomic E-state index is -3.80. The maximum absolute atomic E-state index is 13.6. The number of nitrogens with two attached hydrogens (primary N) is 1. The lowest BCUT2D eigenvalue weighted by Gasteiger charge is -2.26. The van der Waals surface area contributed by atoms with E-state index in [9.17, 15) is 17.9 Å². The molecule has 0 spiro atoms. The maximum Gasteiger partial charge on any atom is 0.241 e. The van der Waals surface area contributed by atoms with Crippen molar-refractivity contribution >= 4 is 15.7 Å². The number of aliphatic hydroxyl groups excluding tert-OH is 1. The van der Waals surface area contributed by atoms with E-state index in [1.165, 1.54) is 13.0 Å². The van der Waals surface area contributed by atoms with Gasteiger partial charge in [0, 0.05) is 17.3 Å². The summed E-state index contributed by atoms with van der Waals surface area (Å²) in [5.41, 5.74) is 5.65. The van der Waals surface area contributed by atoms with Crippen LogP contribution in [0.15, 0.2) is 17.0 Å². The summed E-state index contributed by atoms with van der Waals surface area (Å²) in [4.78, 5) is -0.124. The highest BCUT2D eigenvalue weighted by Gasteiger charge is 2.26. The van der Waals surface area contributed by atoms with Gasteiger partial charge in [-0.05, 0) is 44.7 Å². The molecule has 0 aliphatic heterocycles. The number of hydrogen-bond donors (Lipinski definition) is 3. The van der Waals surface area contributed by atoms with Crippen molar-refractivity contribution in [3.8, 4) is 0 Å². The average molecular weight is 302 g/mol. The van der Waals surface area contributed by atoms with Crippen molar-refractivity contribution in [1.82, 2.24) is 4.72 Å². The third-order valence-corrected chi connectivity index (χ3v) is 5.27. The Morgan fingerprint density at radius 3 is 2.50 bits per heavy atom. The van der Waals surface area contributed by atoms with Crippen molar-refractivity contribution in [2.24, 2.45) is 0 Å². The van der Waals surface area contributed by atoms with Crippen LogP contribution in [0.25, 0.3) is 0 Å². The number of rotatable bonds is 3. The number of halogens is 1. The van der Waals surface area contributed by atoms with E-state index >= 15 is 0 Å². The van der Waals surface area contributed by atoms with Crippen molar-refractivity contribution in [3.05, 3.63) is 23.5 Å². The molecule has 0 amide bonds. The molecule has 2 rings (SSSR count). The van der Waals surface area contributed by atoms with Gasteiger partial charge in [-0.2, -0.15) is 0 Å². The molecule has 1 aromatic carbocycles. The quantitative estimate of drug-likeness (QED) is 0.734. The van der Waals surface area contributed by atoms with Gasteiger partial charge in [-0.1, -0.05) is 0 Å². The first-order valence-corrected chi connectivity index (χ1v) is 8.04. The highest BCUT2D eigenvalue weighted by molar-refractivity contribution is 7.89. The van der Waals surface area contributed by atoms with E-state index in [-0.39, 0.29) is 28.3 Å². The molecule has 1 saturated carbocycles. The minimum Gasteiger partial charge on any atom is -0.399 e. The van der Waals surface area contributed by atoms with E-state index in [4.69, 9.17) is 5.73 Å². The second-order valence-electron chi connectivity index (χ2n) is 5.25. The maximum atomic E-state index is 13.6. The number of aliphatic hydroxyl groups is 1. The van der Waals surface area contributed by atoms with Crippen LogP contribution in [0.3, 0.4) is 0 Å². The zero-order valence-electron chi connectivity index (χ0n) is 11.3. The molecule has 20 heavy (non-hydrogen) atoms. The zero-order valence-corrected chi connectivity index (χ0v) is 12.1. The molecule has 0 unspecified atom stereocenters. The van der Waals surface area contributed by atoms with E-state index in [1.807, 2.05) is 0 Å². The van der Waals surface area contributed by atoms with Crippen LogP contribution in [0.4, 0.5) is 10.1 Å². The first kappa shape index (κ1) is 15.2. The molecule has 0 heterocycles. The Bertz CT molecular complexity index is 596. The molecule has 5 nitrogen and oxygen atoms in total. The van der Waals surface area contributed by atoms with Gasteiger partial charge in [-0.15, -0.1) is 0 Å². The molecular weight excluding hydrogens is 283 g/mol. The summed E-state index contributed by atoms with van der Waals surface area (Å²) < 4.78 is 40.8. The van der Waals surface area contributed by atoms with Crippen molar-refractivity contribution in [2.45, 2.75) is 49.6 Å². The van der Waals surface area contributed by atoms with Crippen molar-refractivity contribution in [1.29, 1.82) is 0 Å². The number of nitrogen functional groups attached to an aromatic ring is 1.